The molecule has 1 aliphatic heterocycles. The smallest absolute Gasteiger partial charge is 0.246 e. The van der Waals surface area contributed by atoms with Gasteiger partial charge in [0.2, 0.25) is 5.91 Å². The van der Waals surface area contributed by atoms with Crippen molar-refractivity contribution < 1.29 is 19.4 Å². The molecule has 0 aromatic heterocycles. The molecule has 1 amide bonds. The van der Waals surface area contributed by atoms with Crippen molar-refractivity contribution >= 4 is 17.5 Å². The second-order valence-electron chi connectivity index (χ2n) is 4.83. The average Bonchev–Trinajstić information content (AvgIpc) is 2.40. The van der Waals surface area contributed by atoms with Crippen LogP contribution >= 0.6 is 11.6 Å². The van der Waals surface area contributed by atoms with Crippen LogP contribution in [0.25, 0.3) is 0 Å². The number of amides is 1. The third kappa shape index (κ3) is 2.75. The van der Waals surface area contributed by atoms with E-state index in [-0.39, 0.29) is 18.6 Å². The van der Waals surface area contributed by atoms with Gasteiger partial charge in [-0.3, -0.25) is 4.79 Å². The molecule has 0 spiro atoms. The molecule has 1 saturated heterocycles. The molecular weight excluding hydrogens is 282 g/mol. The number of hydrogen-bond acceptors (Lipinski definition) is 4. The zero-order valence-electron chi connectivity index (χ0n) is 11.7. The van der Waals surface area contributed by atoms with E-state index >= 15 is 0 Å². The molecule has 1 aromatic carbocycles. The first-order valence-electron chi connectivity index (χ1n) is 6.37. The van der Waals surface area contributed by atoms with Crippen LogP contribution in [0.1, 0.15) is 35.8 Å². The van der Waals surface area contributed by atoms with E-state index in [1.165, 1.54) is 7.11 Å². The van der Waals surface area contributed by atoms with Crippen molar-refractivity contribution in [1.82, 2.24) is 5.32 Å². The van der Waals surface area contributed by atoms with Gasteiger partial charge in [-0.05, 0) is 25.5 Å². The summed E-state index contributed by atoms with van der Waals surface area (Å²) in [4.78, 5) is 11.5. The van der Waals surface area contributed by atoms with Gasteiger partial charge < -0.3 is 19.9 Å². The molecule has 110 valence electrons. The van der Waals surface area contributed by atoms with Gasteiger partial charge in [-0.25, -0.2) is 0 Å². The van der Waals surface area contributed by atoms with Crippen LogP contribution in [0.2, 0.25) is 5.02 Å². The van der Waals surface area contributed by atoms with Crippen LogP contribution in [-0.2, 0) is 9.53 Å². The van der Waals surface area contributed by atoms with Crippen molar-refractivity contribution in [1.29, 1.82) is 0 Å². The van der Waals surface area contributed by atoms with E-state index in [4.69, 9.17) is 21.1 Å². The molecule has 2 unspecified atom stereocenters. The van der Waals surface area contributed by atoms with E-state index in [1.54, 1.807) is 13.0 Å². The number of aliphatic hydroxyl groups excluding tert-OH is 1. The van der Waals surface area contributed by atoms with Crippen LogP contribution in [0.4, 0.5) is 0 Å². The molecular formula is C14H18ClNO4. The van der Waals surface area contributed by atoms with Gasteiger partial charge in [0.25, 0.3) is 0 Å². The molecule has 2 atom stereocenters. The Morgan fingerprint density at radius 3 is 2.85 bits per heavy atom. The molecule has 0 radical (unpaired) electrons. The summed E-state index contributed by atoms with van der Waals surface area (Å²) in [7, 11) is 1.53. The fraction of sp³-hybridized carbons (Fsp3) is 0.500. The molecule has 5 nitrogen and oxygen atoms in total. The van der Waals surface area contributed by atoms with Gasteiger partial charge in [-0.15, -0.1) is 0 Å². The lowest BCUT2D eigenvalue weighted by Crippen LogP contribution is -2.40. The number of carbonyl (C=O) groups is 1. The minimum Gasteiger partial charge on any atom is -0.496 e. The normalized spacial score (nSPS) is 20.4. The number of nitrogens with one attached hydrogen (secondary N) is 1. The van der Waals surface area contributed by atoms with Gasteiger partial charge >= 0.3 is 0 Å². The largest absolute Gasteiger partial charge is 0.496 e. The first kappa shape index (κ1) is 15.1. The fourth-order valence-corrected chi connectivity index (χ4v) is 2.64. The van der Waals surface area contributed by atoms with Crippen LogP contribution in [-0.4, -0.2) is 31.3 Å². The number of halogens is 1. The molecule has 20 heavy (non-hydrogen) atoms. The van der Waals surface area contributed by atoms with Crippen LogP contribution < -0.4 is 10.1 Å². The predicted molar refractivity (Wildman–Crippen MR) is 75.1 cm³/mol. The van der Waals surface area contributed by atoms with Crippen LogP contribution in [0.5, 0.6) is 5.75 Å². The van der Waals surface area contributed by atoms with E-state index in [0.717, 1.165) is 11.1 Å². The number of hydrogen-bond donors (Lipinski definition) is 2. The highest BCUT2D eigenvalue weighted by Gasteiger charge is 2.28. The maximum absolute atomic E-state index is 11.5. The molecule has 0 aliphatic carbocycles. The van der Waals surface area contributed by atoms with Gasteiger partial charge in [-0.1, -0.05) is 11.6 Å². The Balaban J connectivity index is 2.57. The number of aliphatic hydroxyl groups is 1. The third-order valence-electron chi connectivity index (χ3n) is 3.41. The topological polar surface area (TPSA) is 67.8 Å². The van der Waals surface area contributed by atoms with E-state index in [2.05, 4.69) is 5.32 Å². The molecule has 2 rings (SSSR count). The summed E-state index contributed by atoms with van der Waals surface area (Å²) in [6.07, 6.45) is -0.720. The minimum absolute atomic E-state index is 0.0572. The van der Waals surface area contributed by atoms with Crippen LogP contribution in [0, 0.1) is 6.92 Å². The lowest BCUT2D eigenvalue weighted by Gasteiger charge is -2.28. The van der Waals surface area contributed by atoms with Gasteiger partial charge in [0.1, 0.15) is 12.4 Å². The highest BCUT2D eigenvalue weighted by Crippen LogP contribution is 2.39. The summed E-state index contributed by atoms with van der Waals surface area (Å²) < 4.78 is 10.7. The van der Waals surface area contributed by atoms with Crippen molar-refractivity contribution in [2.75, 3.05) is 20.3 Å². The zero-order valence-corrected chi connectivity index (χ0v) is 12.5. The molecule has 1 aromatic rings. The second-order valence-corrected chi connectivity index (χ2v) is 5.24. The predicted octanol–water partition coefficient (Wildman–Crippen LogP) is 1.90. The van der Waals surface area contributed by atoms with Crippen LogP contribution in [0.15, 0.2) is 6.07 Å². The Bertz CT molecular complexity index is 530. The number of carbonyl (C=O) groups excluding carboxylic acids is 1. The first-order valence-corrected chi connectivity index (χ1v) is 6.75. The monoisotopic (exact) mass is 299 g/mol. The average molecular weight is 300 g/mol. The quantitative estimate of drug-likeness (QED) is 0.894. The van der Waals surface area contributed by atoms with Crippen molar-refractivity contribution in [3.8, 4) is 5.75 Å². The summed E-state index contributed by atoms with van der Waals surface area (Å²) in [5.41, 5.74) is 2.16. The number of ether oxygens (including phenoxy) is 2. The number of benzene rings is 1. The number of morpholine rings is 1. The van der Waals surface area contributed by atoms with E-state index in [1.807, 2.05) is 6.92 Å². The molecule has 6 heteroatoms. The zero-order chi connectivity index (χ0) is 14.9. The van der Waals surface area contributed by atoms with Crippen LogP contribution in [0.3, 0.4) is 0 Å². The Hall–Kier alpha value is -1.30. The summed E-state index contributed by atoms with van der Waals surface area (Å²) in [5.74, 6) is 0.360. The fourth-order valence-electron chi connectivity index (χ4n) is 2.43. The van der Waals surface area contributed by atoms with Gasteiger partial charge in [0.05, 0.1) is 25.9 Å². The molecule has 0 saturated carbocycles. The summed E-state index contributed by atoms with van der Waals surface area (Å²) >= 11 is 6.23. The minimum atomic E-state index is -0.720. The van der Waals surface area contributed by atoms with Crippen molar-refractivity contribution in [3.63, 3.8) is 0 Å². The Labute approximate surface area is 122 Å². The SMILES string of the molecule is COc1c(C(C)O)cc(Cl)c(C)c1C1COCC(=O)N1. The molecule has 1 heterocycles. The molecule has 1 fully saturated rings. The van der Waals surface area contributed by atoms with E-state index in [0.29, 0.717) is 22.9 Å². The van der Waals surface area contributed by atoms with Gasteiger partial charge in [0.15, 0.2) is 0 Å². The highest BCUT2D eigenvalue weighted by atomic mass is 35.5. The van der Waals surface area contributed by atoms with E-state index in [9.17, 15) is 9.90 Å². The highest BCUT2D eigenvalue weighted by molar-refractivity contribution is 6.31. The molecule has 0 bridgehead atoms. The maximum Gasteiger partial charge on any atom is 0.246 e. The summed E-state index contributed by atoms with van der Waals surface area (Å²) in [6.45, 7) is 3.90. The van der Waals surface area contributed by atoms with E-state index < -0.39 is 6.10 Å². The number of rotatable bonds is 3. The summed E-state index contributed by atoms with van der Waals surface area (Å²) in [5, 5.41) is 13.3. The van der Waals surface area contributed by atoms with Gasteiger partial charge in [0, 0.05) is 16.1 Å². The Kier molecular flexibility index (Phi) is 4.52. The maximum atomic E-state index is 11.5. The second kappa shape index (κ2) is 5.99. The Morgan fingerprint density at radius 1 is 1.60 bits per heavy atom. The lowest BCUT2D eigenvalue weighted by atomic mass is 9.94. The van der Waals surface area contributed by atoms with Gasteiger partial charge in [-0.2, -0.15) is 0 Å². The third-order valence-corrected chi connectivity index (χ3v) is 3.80. The standard InChI is InChI=1S/C14H18ClNO4/c1-7-10(15)4-9(8(2)17)14(19-3)13(7)11-5-20-6-12(18)16-11/h4,8,11,17H,5-6H2,1-3H3,(H,16,18). The number of methoxy groups -OCH3 is 1. The molecule has 1 aliphatic rings. The van der Waals surface area contributed by atoms with Crippen molar-refractivity contribution in [3.05, 3.63) is 27.8 Å². The molecule has 2 N–H and O–H groups in total. The summed E-state index contributed by atoms with van der Waals surface area (Å²) in [6, 6.07) is 1.36. The van der Waals surface area contributed by atoms with Crippen molar-refractivity contribution in [2.24, 2.45) is 0 Å². The lowest BCUT2D eigenvalue weighted by molar-refractivity contribution is -0.131. The Morgan fingerprint density at radius 2 is 2.30 bits per heavy atom. The van der Waals surface area contributed by atoms with Crippen molar-refractivity contribution in [2.45, 2.75) is 26.0 Å². The first-order chi connectivity index (χ1) is 9.45.